The Labute approximate surface area is 252 Å². The fourth-order valence-electron chi connectivity index (χ4n) is 5.25. The van der Waals surface area contributed by atoms with Crippen molar-refractivity contribution >= 4 is 39.1 Å². The van der Waals surface area contributed by atoms with Crippen molar-refractivity contribution in [1.29, 1.82) is 0 Å². The third-order valence-electron chi connectivity index (χ3n) is 7.64. The van der Waals surface area contributed by atoms with E-state index in [1.165, 1.54) is 17.0 Å². The third kappa shape index (κ3) is 7.69. The van der Waals surface area contributed by atoms with E-state index >= 15 is 0 Å². The van der Waals surface area contributed by atoms with Crippen molar-refractivity contribution in [3.05, 3.63) is 94.8 Å². The highest BCUT2D eigenvalue weighted by Gasteiger charge is 2.34. The second kappa shape index (κ2) is 14.2. The van der Waals surface area contributed by atoms with Gasteiger partial charge < -0.3 is 10.2 Å². The molecule has 42 heavy (non-hydrogen) atoms. The van der Waals surface area contributed by atoms with E-state index in [1.54, 1.807) is 48.5 Å². The Morgan fingerprint density at radius 1 is 0.976 bits per heavy atom. The Bertz CT molecular complexity index is 1480. The Hall–Kier alpha value is -3.43. The molecule has 0 aromatic heterocycles. The van der Waals surface area contributed by atoms with Crippen LogP contribution in [0.5, 0.6) is 0 Å². The summed E-state index contributed by atoms with van der Waals surface area (Å²) in [6.45, 7) is 3.15. The first-order valence-electron chi connectivity index (χ1n) is 14.3. The van der Waals surface area contributed by atoms with Crippen molar-refractivity contribution in [3.8, 4) is 0 Å². The van der Waals surface area contributed by atoms with E-state index < -0.39 is 34.3 Å². The van der Waals surface area contributed by atoms with Crippen molar-refractivity contribution in [2.75, 3.05) is 10.8 Å². The van der Waals surface area contributed by atoms with E-state index in [0.717, 1.165) is 54.1 Å². The monoisotopic (exact) mass is 613 g/mol. The summed E-state index contributed by atoms with van der Waals surface area (Å²) in [4.78, 5) is 29.0. The molecule has 1 N–H and O–H groups in total. The summed E-state index contributed by atoms with van der Waals surface area (Å²) in [6.07, 6.45) is 5.31. The number of carbonyl (C=O) groups excluding carboxylic acids is 2. The lowest BCUT2D eigenvalue weighted by molar-refractivity contribution is -0.140. The van der Waals surface area contributed by atoms with Crippen LogP contribution < -0.4 is 9.62 Å². The summed E-state index contributed by atoms with van der Waals surface area (Å²) in [5.74, 6) is -1.41. The highest BCUT2D eigenvalue weighted by molar-refractivity contribution is 7.92. The van der Waals surface area contributed by atoms with Crippen LogP contribution in [-0.4, -0.2) is 43.8 Å². The zero-order valence-electron chi connectivity index (χ0n) is 23.9. The minimum absolute atomic E-state index is 0.0213. The van der Waals surface area contributed by atoms with Gasteiger partial charge in [0.15, 0.2) is 0 Å². The lowest BCUT2D eigenvalue weighted by Gasteiger charge is -2.34. The molecule has 4 rings (SSSR count). The van der Waals surface area contributed by atoms with E-state index in [0.29, 0.717) is 17.0 Å². The van der Waals surface area contributed by atoms with Crippen LogP contribution >= 0.6 is 11.6 Å². The Balaban J connectivity index is 1.71. The molecule has 1 atom stereocenters. The molecule has 0 aliphatic heterocycles. The second-order valence-electron chi connectivity index (χ2n) is 10.7. The first kappa shape index (κ1) is 31.5. The molecule has 3 aromatic carbocycles. The lowest BCUT2D eigenvalue weighted by atomic mass is 9.95. The standard InChI is InChI=1S/C32H37ClFN3O4S/c1-3-30(32(39)35-26-10-5-4-6-11-26)36(21-24-9-7-8-12-29(24)33)31(38)22-37(27-17-13-23(2)14-18-27)42(40,41)28-19-15-25(34)16-20-28/h7-9,12-20,26,30H,3-6,10-11,21-22H2,1-2H3,(H,35,39). The van der Waals surface area contributed by atoms with Gasteiger partial charge in [0, 0.05) is 17.6 Å². The second-order valence-corrected chi connectivity index (χ2v) is 13.0. The highest BCUT2D eigenvalue weighted by Crippen LogP contribution is 2.27. The number of aryl methyl sites for hydroxylation is 1. The van der Waals surface area contributed by atoms with Gasteiger partial charge in [0.25, 0.3) is 10.0 Å². The topological polar surface area (TPSA) is 86.8 Å². The van der Waals surface area contributed by atoms with Gasteiger partial charge in [-0.05, 0) is 74.2 Å². The van der Waals surface area contributed by atoms with E-state index in [1.807, 2.05) is 13.8 Å². The molecule has 7 nitrogen and oxygen atoms in total. The maximum atomic E-state index is 14.2. The van der Waals surface area contributed by atoms with Gasteiger partial charge >= 0.3 is 0 Å². The maximum Gasteiger partial charge on any atom is 0.264 e. The summed E-state index contributed by atoms with van der Waals surface area (Å²) in [5.41, 5.74) is 1.82. The molecule has 1 aliphatic carbocycles. The maximum absolute atomic E-state index is 14.2. The fraction of sp³-hybridized carbons (Fsp3) is 0.375. The number of rotatable bonds is 11. The van der Waals surface area contributed by atoms with Crippen LogP contribution in [0.1, 0.15) is 56.6 Å². The summed E-state index contributed by atoms with van der Waals surface area (Å²) in [6, 6.07) is 17.5. The number of hydrogen-bond acceptors (Lipinski definition) is 4. The number of benzene rings is 3. The number of nitrogens with zero attached hydrogens (tertiary/aromatic N) is 2. The molecule has 0 saturated heterocycles. The molecule has 10 heteroatoms. The number of nitrogens with one attached hydrogen (secondary N) is 1. The normalized spacial score (nSPS) is 14.7. The van der Waals surface area contributed by atoms with E-state index in [-0.39, 0.29) is 29.1 Å². The zero-order chi connectivity index (χ0) is 30.3. The van der Waals surface area contributed by atoms with Crippen LogP contribution in [0.3, 0.4) is 0 Å². The van der Waals surface area contributed by atoms with Crippen molar-refractivity contribution in [2.45, 2.75) is 75.9 Å². The van der Waals surface area contributed by atoms with Gasteiger partial charge in [0.05, 0.1) is 10.6 Å². The predicted octanol–water partition coefficient (Wildman–Crippen LogP) is 6.24. The van der Waals surface area contributed by atoms with E-state index in [4.69, 9.17) is 11.6 Å². The van der Waals surface area contributed by atoms with Gasteiger partial charge in [-0.1, -0.05) is 73.7 Å². The van der Waals surface area contributed by atoms with Crippen molar-refractivity contribution in [2.24, 2.45) is 0 Å². The van der Waals surface area contributed by atoms with E-state index in [9.17, 15) is 22.4 Å². The van der Waals surface area contributed by atoms with Crippen LogP contribution in [0.15, 0.2) is 77.7 Å². The Kier molecular flexibility index (Phi) is 10.6. The van der Waals surface area contributed by atoms with Crippen LogP contribution in [0.25, 0.3) is 0 Å². The van der Waals surface area contributed by atoms with Crippen LogP contribution in [0, 0.1) is 12.7 Å². The molecular weight excluding hydrogens is 577 g/mol. The van der Waals surface area contributed by atoms with Gasteiger partial charge in [-0.15, -0.1) is 0 Å². The smallest absolute Gasteiger partial charge is 0.264 e. The summed E-state index contributed by atoms with van der Waals surface area (Å²) >= 11 is 6.46. The molecule has 224 valence electrons. The number of halogens is 2. The Morgan fingerprint density at radius 2 is 1.62 bits per heavy atom. The number of hydrogen-bond donors (Lipinski definition) is 1. The number of sulfonamides is 1. The third-order valence-corrected chi connectivity index (χ3v) is 9.80. The van der Waals surface area contributed by atoms with Gasteiger partial charge in [0.2, 0.25) is 11.8 Å². The molecule has 2 amide bonds. The fourth-order valence-corrected chi connectivity index (χ4v) is 6.86. The van der Waals surface area contributed by atoms with Crippen LogP contribution in [-0.2, 0) is 26.2 Å². The van der Waals surface area contributed by atoms with Gasteiger partial charge in [-0.3, -0.25) is 13.9 Å². The predicted molar refractivity (Wildman–Crippen MR) is 163 cm³/mol. The molecule has 3 aromatic rings. The largest absolute Gasteiger partial charge is 0.352 e. The summed E-state index contributed by atoms with van der Waals surface area (Å²) in [5, 5.41) is 3.56. The first-order chi connectivity index (χ1) is 20.1. The van der Waals surface area contributed by atoms with Crippen LogP contribution in [0.2, 0.25) is 5.02 Å². The molecule has 1 fully saturated rings. The lowest BCUT2D eigenvalue weighted by Crippen LogP contribution is -2.54. The van der Waals surface area contributed by atoms with Gasteiger partial charge in [-0.2, -0.15) is 0 Å². The highest BCUT2D eigenvalue weighted by atomic mass is 35.5. The van der Waals surface area contributed by atoms with Crippen LogP contribution in [0.4, 0.5) is 10.1 Å². The quantitative estimate of drug-likeness (QED) is 0.277. The molecule has 1 unspecified atom stereocenters. The van der Waals surface area contributed by atoms with E-state index in [2.05, 4.69) is 5.32 Å². The zero-order valence-corrected chi connectivity index (χ0v) is 25.5. The van der Waals surface area contributed by atoms with Crippen molar-refractivity contribution in [3.63, 3.8) is 0 Å². The van der Waals surface area contributed by atoms with Crippen molar-refractivity contribution < 1.29 is 22.4 Å². The first-order valence-corrected chi connectivity index (χ1v) is 16.1. The minimum atomic E-state index is -4.28. The molecule has 0 bridgehead atoms. The molecule has 1 saturated carbocycles. The summed E-state index contributed by atoms with van der Waals surface area (Å²) < 4.78 is 42.4. The number of carbonyl (C=O) groups is 2. The van der Waals surface area contributed by atoms with Gasteiger partial charge in [-0.25, -0.2) is 12.8 Å². The number of anilines is 1. The number of amides is 2. The summed E-state index contributed by atoms with van der Waals surface area (Å²) in [7, 11) is -4.28. The minimum Gasteiger partial charge on any atom is -0.352 e. The van der Waals surface area contributed by atoms with Crippen molar-refractivity contribution in [1.82, 2.24) is 10.2 Å². The Morgan fingerprint density at radius 3 is 2.24 bits per heavy atom. The average molecular weight is 614 g/mol. The van der Waals surface area contributed by atoms with Gasteiger partial charge in [0.1, 0.15) is 18.4 Å². The average Bonchev–Trinajstić information content (AvgIpc) is 2.98. The molecular formula is C32H37ClFN3O4S. The molecule has 0 radical (unpaired) electrons. The molecule has 0 spiro atoms. The SMILES string of the molecule is CCC(C(=O)NC1CCCCC1)N(Cc1ccccc1Cl)C(=O)CN(c1ccc(C)cc1)S(=O)(=O)c1ccc(F)cc1. The molecule has 1 aliphatic rings. The molecule has 0 heterocycles.